The number of hydrogen-bond acceptors (Lipinski definition) is 3. The van der Waals surface area contributed by atoms with E-state index in [0.717, 1.165) is 43.6 Å². The van der Waals surface area contributed by atoms with Crippen molar-refractivity contribution in [1.82, 2.24) is 15.5 Å². The third-order valence-electron chi connectivity index (χ3n) is 4.51. The summed E-state index contributed by atoms with van der Waals surface area (Å²) in [6.07, 6.45) is 0. The first-order chi connectivity index (χ1) is 9.72. The summed E-state index contributed by atoms with van der Waals surface area (Å²) in [6.45, 7) is 6.92. The number of nitrogens with zero attached hydrogens (tertiary/aromatic N) is 1. The predicted octanol–water partition coefficient (Wildman–Crippen LogP) is 1.02. The first kappa shape index (κ1) is 13.6. The average molecular weight is 273 g/mol. The number of benzene rings is 1. The minimum absolute atomic E-state index is 0.0764. The molecule has 0 spiro atoms. The van der Waals surface area contributed by atoms with E-state index in [1.807, 2.05) is 25.1 Å². The molecular weight excluding hydrogens is 250 g/mol. The Morgan fingerprint density at radius 1 is 1.30 bits per heavy atom. The molecule has 0 radical (unpaired) electrons. The molecule has 0 aliphatic carbocycles. The molecule has 0 bridgehead atoms. The van der Waals surface area contributed by atoms with E-state index in [0.29, 0.717) is 6.54 Å². The van der Waals surface area contributed by atoms with Gasteiger partial charge in [0.25, 0.3) is 0 Å². The van der Waals surface area contributed by atoms with Crippen molar-refractivity contribution in [3.05, 3.63) is 35.9 Å². The second kappa shape index (κ2) is 5.94. The number of amides is 1. The number of carbonyl (C=O) groups excluding carboxylic acids is 1. The van der Waals surface area contributed by atoms with E-state index in [-0.39, 0.29) is 11.9 Å². The van der Waals surface area contributed by atoms with Gasteiger partial charge in [-0.25, -0.2) is 0 Å². The summed E-state index contributed by atoms with van der Waals surface area (Å²) in [5.41, 5.74) is 1.16. The number of rotatable bonds is 4. The summed E-state index contributed by atoms with van der Waals surface area (Å²) >= 11 is 0. The Balaban J connectivity index is 1.48. The molecule has 0 saturated carbocycles. The number of nitrogens with one attached hydrogen (secondary N) is 2. The van der Waals surface area contributed by atoms with Crippen LogP contribution in [0.5, 0.6) is 0 Å². The van der Waals surface area contributed by atoms with Crippen molar-refractivity contribution in [1.29, 1.82) is 0 Å². The highest BCUT2D eigenvalue weighted by Crippen LogP contribution is 2.25. The fourth-order valence-electron chi connectivity index (χ4n) is 3.40. The van der Waals surface area contributed by atoms with Gasteiger partial charge in [-0.05, 0) is 37.4 Å². The smallest absolute Gasteiger partial charge is 0.234 e. The van der Waals surface area contributed by atoms with Crippen molar-refractivity contribution in [2.75, 3.05) is 32.7 Å². The summed E-state index contributed by atoms with van der Waals surface area (Å²) in [5.74, 6) is 1.62. The molecule has 108 valence electrons. The van der Waals surface area contributed by atoms with Gasteiger partial charge in [0.2, 0.25) is 5.91 Å². The van der Waals surface area contributed by atoms with Crippen molar-refractivity contribution in [3.63, 3.8) is 0 Å². The minimum Gasteiger partial charge on any atom is -0.348 e. The standard InChI is InChI=1S/C16H23N3O/c1-12(13-5-3-2-4-6-13)18-16(20)11-19-9-14-7-17-8-15(14)10-19/h2-6,12,14-15,17H,7-11H2,1H3,(H,18,20). The second-order valence-corrected chi connectivity index (χ2v) is 6.07. The molecule has 3 unspecified atom stereocenters. The Labute approximate surface area is 120 Å². The maximum atomic E-state index is 12.1. The van der Waals surface area contributed by atoms with E-state index in [9.17, 15) is 4.79 Å². The highest BCUT2D eigenvalue weighted by Gasteiger charge is 2.36. The number of fused-ring (bicyclic) bond motifs is 1. The maximum absolute atomic E-state index is 12.1. The van der Waals surface area contributed by atoms with Crippen LogP contribution in [0.15, 0.2) is 30.3 Å². The van der Waals surface area contributed by atoms with Crippen LogP contribution in [0.1, 0.15) is 18.5 Å². The third-order valence-corrected chi connectivity index (χ3v) is 4.51. The Morgan fingerprint density at radius 2 is 1.95 bits per heavy atom. The van der Waals surface area contributed by atoms with Crippen LogP contribution in [0.3, 0.4) is 0 Å². The zero-order valence-corrected chi connectivity index (χ0v) is 12.0. The lowest BCUT2D eigenvalue weighted by Gasteiger charge is -2.19. The van der Waals surface area contributed by atoms with Gasteiger partial charge in [0, 0.05) is 13.1 Å². The quantitative estimate of drug-likeness (QED) is 0.861. The van der Waals surface area contributed by atoms with E-state index in [1.165, 1.54) is 0 Å². The molecule has 4 heteroatoms. The molecule has 3 atom stereocenters. The summed E-state index contributed by atoms with van der Waals surface area (Å²) < 4.78 is 0. The zero-order chi connectivity index (χ0) is 13.9. The van der Waals surface area contributed by atoms with Crippen LogP contribution in [0, 0.1) is 11.8 Å². The molecule has 2 aliphatic rings. The number of likely N-dealkylation sites (tertiary alicyclic amines) is 1. The molecule has 1 aromatic rings. The van der Waals surface area contributed by atoms with Crippen molar-refractivity contribution in [2.45, 2.75) is 13.0 Å². The lowest BCUT2D eigenvalue weighted by Crippen LogP contribution is -2.38. The number of carbonyl (C=O) groups is 1. The van der Waals surface area contributed by atoms with E-state index in [4.69, 9.17) is 0 Å². The normalized spacial score (nSPS) is 27.2. The second-order valence-electron chi connectivity index (χ2n) is 6.07. The van der Waals surface area contributed by atoms with Gasteiger partial charge in [-0.15, -0.1) is 0 Å². The fourth-order valence-corrected chi connectivity index (χ4v) is 3.40. The molecule has 2 fully saturated rings. The van der Waals surface area contributed by atoms with Crippen molar-refractivity contribution in [2.24, 2.45) is 11.8 Å². The van der Waals surface area contributed by atoms with Gasteiger partial charge in [0.05, 0.1) is 12.6 Å². The average Bonchev–Trinajstić information content (AvgIpc) is 3.00. The first-order valence-corrected chi connectivity index (χ1v) is 7.50. The maximum Gasteiger partial charge on any atom is 0.234 e. The van der Waals surface area contributed by atoms with Crippen LogP contribution in [0.4, 0.5) is 0 Å². The van der Waals surface area contributed by atoms with Gasteiger partial charge in [0.15, 0.2) is 0 Å². The van der Waals surface area contributed by atoms with E-state index < -0.39 is 0 Å². The summed E-state index contributed by atoms with van der Waals surface area (Å²) in [6, 6.07) is 10.2. The summed E-state index contributed by atoms with van der Waals surface area (Å²) in [7, 11) is 0. The molecule has 1 amide bonds. The van der Waals surface area contributed by atoms with Gasteiger partial charge >= 0.3 is 0 Å². The topological polar surface area (TPSA) is 44.4 Å². The number of hydrogen-bond donors (Lipinski definition) is 2. The van der Waals surface area contributed by atoms with Crippen molar-refractivity contribution >= 4 is 5.91 Å². The Morgan fingerprint density at radius 3 is 2.60 bits per heavy atom. The van der Waals surface area contributed by atoms with Gasteiger partial charge in [0.1, 0.15) is 0 Å². The lowest BCUT2D eigenvalue weighted by molar-refractivity contribution is -0.122. The van der Waals surface area contributed by atoms with Crippen LogP contribution >= 0.6 is 0 Å². The SMILES string of the molecule is CC(NC(=O)CN1CC2CNCC2C1)c1ccccc1. The van der Waals surface area contributed by atoms with Crippen LogP contribution in [-0.2, 0) is 4.79 Å². The molecule has 20 heavy (non-hydrogen) atoms. The van der Waals surface area contributed by atoms with Crippen LogP contribution in [0.25, 0.3) is 0 Å². The molecule has 2 heterocycles. The highest BCUT2D eigenvalue weighted by molar-refractivity contribution is 5.78. The summed E-state index contributed by atoms with van der Waals surface area (Å²) in [4.78, 5) is 14.4. The van der Waals surface area contributed by atoms with E-state index >= 15 is 0 Å². The van der Waals surface area contributed by atoms with Crippen molar-refractivity contribution in [3.8, 4) is 0 Å². The third kappa shape index (κ3) is 3.02. The highest BCUT2D eigenvalue weighted by atomic mass is 16.2. The van der Waals surface area contributed by atoms with Gasteiger partial charge in [-0.3, -0.25) is 9.69 Å². The van der Waals surface area contributed by atoms with Gasteiger partial charge in [-0.1, -0.05) is 30.3 Å². The molecule has 2 saturated heterocycles. The minimum atomic E-state index is 0.0764. The van der Waals surface area contributed by atoms with E-state index in [1.54, 1.807) is 0 Å². The Bertz CT molecular complexity index is 450. The molecule has 2 N–H and O–H groups in total. The summed E-state index contributed by atoms with van der Waals surface area (Å²) in [5, 5.41) is 6.52. The molecule has 3 rings (SSSR count). The van der Waals surface area contributed by atoms with Crippen molar-refractivity contribution < 1.29 is 4.79 Å². The largest absolute Gasteiger partial charge is 0.348 e. The molecule has 2 aliphatic heterocycles. The monoisotopic (exact) mass is 273 g/mol. The Hall–Kier alpha value is -1.39. The van der Waals surface area contributed by atoms with Crippen LogP contribution < -0.4 is 10.6 Å². The lowest BCUT2D eigenvalue weighted by atomic mass is 10.0. The van der Waals surface area contributed by atoms with Gasteiger partial charge < -0.3 is 10.6 Å². The predicted molar refractivity (Wildman–Crippen MR) is 79.3 cm³/mol. The van der Waals surface area contributed by atoms with E-state index in [2.05, 4.69) is 27.7 Å². The van der Waals surface area contributed by atoms with Gasteiger partial charge in [-0.2, -0.15) is 0 Å². The van der Waals surface area contributed by atoms with Crippen LogP contribution in [-0.4, -0.2) is 43.5 Å². The molecular formula is C16H23N3O. The first-order valence-electron chi connectivity index (χ1n) is 7.50. The molecule has 1 aromatic carbocycles. The molecule has 0 aromatic heterocycles. The molecule has 4 nitrogen and oxygen atoms in total. The Kier molecular flexibility index (Phi) is 4.03. The van der Waals surface area contributed by atoms with Crippen LogP contribution in [0.2, 0.25) is 0 Å². The fraction of sp³-hybridized carbons (Fsp3) is 0.562. The zero-order valence-electron chi connectivity index (χ0n) is 12.0.